The van der Waals surface area contributed by atoms with Crippen molar-refractivity contribution in [3.05, 3.63) is 35.5 Å². The molecule has 5 heteroatoms. The number of hydrogen-bond donors (Lipinski definition) is 0. The maximum absolute atomic E-state index is 11.6. The number of methoxy groups -OCH3 is 1. The summed E-state index contributed by atoms with van der Waals surface area (Å²) in [6.07, 6.45) is 1.43. The zero-order valence-electron chi connectivity index (χ0n) is 16.6. The van der Waals surface area contributed by atoms with E-state index in [2.05, 4.69) is 18.8 Å². The maximum atomic E-state index is 11.6. The zero-order valence-corrected chi connectivity index (χ0v) is 16.6. The summed E-state index contributed by atoms with van der Waals surface area (Å²) in [5.41, 5.74) is 1.57. The quantitative estimate of drug-likeness (QED) is 0.682. The smallest absolute Gasteiger partial charge is 0.172 e. The van der Waals surface area contributed by atoms with Crippen molar-refractivity contribution in [1.82, 2.24) is 0 Å². The van der Waals surface area contributed by atoms with Gasteiger partial charge in [-0.05, 0) is 44.7 Å². The van der Waals surface area contributed by atoms with E-state index in [9.17, 15) is 4.79 Å². The number of aliphatic imine (C=N–C) groups is 1. The predicted molar refractivity (Wildman–Crippen MR) is 103 cm³/mol. The van der Waals surface area contributed by atoms with Crippen molar-refractivity contribution in [3.63, 3.8) is 0 Å². The van der Waals surface area contributed by atoms with Gasteiger partial charge in [-0.2, -0.15) is 0 Å². The monoisotopic (exact) mass is 359 g/mol. The summed E-state index contributed by atoms with van der Waals surface area (Å²) in [5.74, 6) is 1.12. The second-order valence-electron chi connectivity index (χ2n) is 8.24. The van der Waals surface area contributed by atoms with Crippen LogP contribution in [0.3, 0.4) is 0 Å². The summed E-state index contributed by atoms with van der Waals surface area (Å²) >= 11 is 0. The standard InChI is InChI=1S/C21H29NO4/c1-20(2,3)26-14-21(4,5)11-15-13-25-19(17(12-23)22-15)16-9-7-8-10-18(16)24-6/h7-10,12H,11,13-14H2,1-6H3. The summed E-state index contributed by atoms with van der Waals surface area (Å²) in [6, 6.07) is 7.45. The Kier molecular flexibility index (Phi) is 6.24. The lowest BCUT2D eigenvalue weighted by molar-refractivity contribution is -0.105. The second kappa shape index (κ2) is 8.04. The summed E-state index contributed by atoms with van der Waals surface area (Å²) in [7, 11) is 1.59. The van der Waals surface area contributed by atoms with E-state index in [1.54, 1.807) is 7.11 Å². The van der Waals surface area contributed by atoms with Crippen molar-refractivity contribution in [2.24, 2.45) is 10.4 Å². The van der Waals surface area contributed by atoms with Crippen molar-refractivity contribution < 1.29 is 19.0 Å². The number of hydrogen-bond acceptors (Lipinski definition) is 5. The molecule has 1 aliphatic rings. The Morgan fingerprint density at radius 2 is 1.88 bits per heavy atom. The number of para-hydroxylation sites is 1. The SMILES string of the molecule is COc1ccccc1C1=C(C=O)N=C(CC(C)(C)COC(C)(C)C)CO1. The molecule has 142 valence electrons. The van der Waals surface area contributed by atoms with Crippen LogP contribution >= 0.6 is 0 Å². The number of ether oxygens (including phenoxy) is 3. The number of rotatable bonds is 7. The molecule has 1 heterocycles. The normalized spacial score (nSPS) is 15.4. The molecular weight excluding hydrogens is 330 g/mol. The van der Waals surface area contributed by atoms with E-state index in [-0.39, 0.29) is 11.0 Å². The molecule has 1 aliphatic heterocycles. The van der Waals surface area contributed by atoms with Gasteiger partial charge in [0.2, 0.25) is 0 Å². The average molecular weight is 359 g/mol. The third-order valence-corrected chi connectivity index (χ3v) is 3.94. The highest BCUT2D eigenvalue weighted by molar-refractivity contribution is 5.97. The molecule has 1 aromatic carbocycles. The van der Waals surface area contributed by atoms with Gasteiger partial charge in [-0.1, -0.05) is 26.0 Å². The van der Waals surface area contributed by atoms with Gasteiger partial charge in [-0.15, -0.1) is 0 Å². The third kappa shape index (κ3) is 5.43. The molecule has 0 amide bonds. The van der Waals surface area contributed by atoms with Gasteiger partial charge in [0.25, 0.3) is 0 Å². The molecular formula is C21H29NO4. The number of allylic oxidation sites excluding steroid dienone is 1. The first-order valence-corrected chi connectivity index (χ1v) is 8.81. The summed E-state index contributed by atoms with van der Waals surface area (Å²) < 4.78 is 17.2. The van der Waals surface area contributed by atoms with E-state index in [0.717, 1.165) is 17.6 Å². The topological polar surface area (TPSA) is 57.1 Å². The highest BCUT2D eigenvalue weighted by Crippen LogP contribution is 2.32. The predicted octanol–water partition coefficient (Wildman–Crippen LogP) is 4.27. The Balaban J connectivity index is 2.23. The van der Waals surface area contributed by atoms with Crippen molar-refractivity contribution >= 4 is 17.8 Å². The lowest BCUT2D eigenvalue weighted by Crippen LogP contribution is -2.31. The van der Waals surface area contributed by atoms with Crippen LogP contribution in [0.1, 0.15) is 46.6 Å². The number of benzene rings is 1. The van der Waals surface area contributed by atoms with Crippen molar-refractivity contribution in [2.45, 2.75) is 46.6 Å². The molecule has 26 heavy (non-hydrogen) atoms. The molecule has 2 rings (SSSR count). The molecule has 0 fully saturated rings. The Morgan fingerprint density at radius 1 is 1.19 bits per heavy atom. The molecule has 0 atom stereocenters. The van der Waals surface area contributed by atoms with E-state index in [1.165, 1.54) is 0 Å². The van der Waals surface area contributed by atoms with Crippen LogP contribution in [0, 0.1) is 5.41 Å². The van der Waals surface area contributed by atoms with E-state index in [1.807, 2.05) is 45.0 Å². The summed E-state index contributed by atoms with van der Waals surface area (Å²) in [4.78, 5) is 16.2. The highest BCUT2D eigenvalue weighted by atomic mass is 16.5. The van der Waals surface area contributed by atoms with Crippen molar-refractivity contribution in [3.8, 4) is 5.75 Å². The highest BCUT2D eigenvalue weighted by Gasteiger charge is 2.27. The maximum Gasteiger partial charge on any atom is 0.172 e. The van der Waals surface area contributed by atoms with Gasteiger partial charge >= 0.3 is 0 Å². The second-order valence-corrected chi connectivity index (χ2v) is 8.24. The van der Waals surface area contributed by atoms with Gasteiger partial charge in [0.1, 0.15) is 18.1 Å². The van der Waals surface area contributed by atoms with E-state index in [0.29, 0.717) is 36.8 Å². The first kappa shape index (κ1) is 20.2. The zero-order chi connectivity index (χ0) is 19.4. The van der Waals surface area contributed by atoms with Crippen LogP contribution in [0.2, 0.25) is 0 Å². The van der Waals surface area contributed by atoms with Crippen LogP contribution in [-0.2, 0) is 14.3 Å². The fraction of sp³-hybridized carbons (Fsp3) is 0.524. The molecule has 0 aliphatic carbocycles. The van der Waals surface area contributed by atoms with Gasteiger partial charge in [0.05, 0.1) is 30.6 Å². The first-order valence-electron chi connectivity index (χ1n) is 8.81. The summed E-state index contributed by atoms with van der Waals surface area (Å²) in [6.45, 7) is 11.3. The van der Waals surface area contributed by atoms with Gasteiger partial charge in [0.15, 0.2) is 12.0 Å². The number of carbonyl (C=O) groups is 1. The van der Waals surface area contributed by atoms with Crippen LogP contribution in [-0.4, -0.2) is 37.9 Å². The van der Waals surface area contributed by atoms with Crippen LogP contribution in [0.25, 0.3) is 5.76 Å². The molecule has 0 aromatic heterocycles. The molecule has 0 radical (unpaired) electrons. The Labute approximate surface area is 156 Å². The minimum atomic E-state index is -0.187. The fourth-order valence-electron chi connectivity index (χ4n) is 2.72. The molecule has 0 saturated heterocycles. The number of nitrogens with zero attached hydrogens (tertiary/aromatic N) is 1. The average Bonchev–Trinajstić information content (AvgIpc) is 2.59. The molecule has 5 nitrogen and oxygen atoms in total. The lowest BCUT2D eigenvalue weighted by Gasteiger charge is -2.31. The van der Waals surface area contributed by atoms with Gasteiger partial charge in [0, 0.05) is 0 Å². The minimum Gasteiger partial charge on any atom is -0.496 e. The molecule has 1 aromatic rings. The van der Waals surface area contributed by atoms with Gasteiger partial charge in [-0.3, -0.25) is 4.79 Å². The van der Waals surface area contributed by atoms with Gasteiger partial charge in [-0.25, -0.2) is 4.99 Å². The van der Waals surface area contributed by atoms with Gasteiger partial charge < -0.3 is 14.2 Å². The van der Waals surface area contributed by atoms with Crippen molar-refractivity contribution in [1.29, 1.82) is 0 Å². The molecule has 0 N–H and O–H groups in total. The Morgan fingerprint density at radius 3 is 2.50 bits per heavy atom. The first-order chi connectivity index (χ1) is 12.1. The van der Waals surface area contributed by atoms with E-state index >= 15 is 0 Å². The lowest BCUT2D eigenvalue weighted by atomic mass is 9.87. The fourth-order valence-corrected chi connectivity index (χ4v) is 2.72. The largest absolute Gasteiger partial charge is 0.496 e. The Hall–Kier alpha value is -2.14. The van der Waals surface area contributed by atoms with Crippen molar-refractivity contribution in [2.75, 3.05) is 20.3 Å². The number of carbonyl (C=O) groups excluding carboxylic acids is 1. The molecule has 0 unspecified atom stereocenters. The third-order valence-electron chi connectivity index (χ3n) is 3.94. The van der Waals surface area contributed by atoms with Crippen LogP contribution in [0.5, 0.6) is 5.75 Å². The Bertz CT molecular complexity index is 711. The van der Waals surface area contributed by atoms with E-state index < -0.39 is 0 Å². The number of aldehydes is 1. The van der Waals surface area contributed by atoms with Crippen LogP contribution < -0.4 is 4.74 Å². The van der Waals surface area contributed by atoms with Crippen LogP contribution in [0.4, 0.5) is 0 Å². The molecule has 0 bridgehead atoms. The van der Waals surface area contributed by atoms with Crippen LogP contribution in [0.15, 0.2) is 35.0 Å². The minimum absolute atomic E-state index is 0.106. The summed E-state index contributed by atoms with van der Waals surface area (Å²) in [5, 5.41) is 0. The molecule has 0 saturated carbocycles. The molecule has 0 spiro atoms. The van der Waals surface area contributed by atoms with E-state index in [4.69, 9.17) is 14.2 Å².